The minimum absolute atomic E-state index is 0.0595. The lowest BCUT2D eigenvalue weighted by molar-refractivity contribution is -0.275. The second kappa shape index (κ2) is 7.67. The van der Waals surface area contributed by atoms with Gasteiger partial charge in [-0.05, 0) is 29.8 Å². The molecule has 2 aromatic carbocycles. The van der Waals surface area contributed by atoms with Gasteiger partial charge in [-0.3, -0.25) is 0 Å². The van der Waals surface area contributed by atoms with Gasteiger partial charge in [-0.25, -0.2) is 0 Å². The molecule has 1 aliphatic rings. The molecule has 0 aromatic heterocycles. The zero-order valence-corrected chi connectivity index (χ0v) is 17.7. The van der Waals surface area contributed by atoms with Crippen LogP contribution >= 0.6 is 45.8 Å². The number of hydrogen-bond acceptors (Lipinski definition) is 3. The van der Waals surface area contributed by atoms with Gasteiger partial charge in [0.25, 0.3) is 5.60 Å². The SMILES string of the molecule is CNc1cc(C2=NOC(c3cc(Cl)cc(CI)c3)(C(F)(F)F)C2)ccc1Cl. The van der Waals surface area contributed by atoms with Crippen molar-refractivity contribution in [3.05, 3.63) is 63.1 Å². The topological polar surface area (TPSA) is 33.6 Å². The molecular weight excluding hydrogens is 515 g/mol. The van der Waals surface area contributed by atoms with Gasteiger partial charge in [-0.1, -0.05) is 63.1 Å². The molecule has 1 unspecified atom stereocenters. The van der Waals surface area contributed by atoms with Gasteiger partial charge >= 0.3 is 6.18 Å². The Hall–Kier alpha value is -1.19. The van der Waals surface area contributed by atoms with Crippen LogP contribution in [0.5, 0.6) is 0 Å². The van der Waals surface area contributed by atoms with Crippen molar-refractivity contribution in [3.63, 3.8) is 0 Å². The molecule has 3 rings (SSSR count). The van der Waals surface area contributed by atoms with Crippen LogP contribution in [0.15, 0.2) is 41.6 Å². The predicted octanol–water partition coefficient (Wildman–Crippen LogP) is 6.55. The van der Waals surface area contributed by atoms with E-state index in [4.69, 9.17) is 28.0 Å². The first-order valence-electron chi connectivity index (χ1n) is 7.85. The van der Waals surface area contributed by atoms with Crippen molar-refractivity contribution in [1.82, 2.24) is 0 Å². The van der Waals surface area contributed by atoms with Crippen molar-refractivity contribution >= 4 is 57.2 Å². The fourth-order valence-corrected chi connectivity index (χ4v) is 3.83. The van der Waals surface area contributed by atoms with Crippen LogP contribution in [-0.4, -0.2) is 18.9 Å². The molecular formula is C18H14Cl2F3IN2O. The van der Waals surface area contributed by atoms with E-state index in [0.717, 1.165) is 0 Å². The van der Waals surface area contributed by atoms with Gasteiger partial charge < -0.3 is 10.2 Å². The number of halogens is 6. The first-order chi connectivity index (χ1) is 12.7. The highest BCUT2D eigenvalue weighted by molar-refractivity contribution is 14.1. The Morgan fingerprint density at radius 1 is 1.22 bits per heavy atom. The van der Waals surface area contributed by atoms with Gasteiger partial charge in [0, 0.05) is 34.0 Å². The number of rotatable bonds is 4. The molecule has 9 heteroatoms. The van der Waals surface area contributed by atoms with Crippen LogP contribution in [0.3, 0.4) is 0 Å². The van der Waals surface area contributed by atoms with Crippen molar-refractivity contribution in [2.24, 2.45) is 5.16 Å². The highest BCUT2D eigenvalue weighted by Crippen LogP contribution is 2.49. The summed E-state index contributed by atoms with van der Waals surface area (Å²) < 4.78 is 42.8. The van der Waals surface area contributed by atoms with E-state index in [9.17, 15) is 13.2 Å². The number of benzene rings is 2. The summed E-state index contributed by atoms with van der Waals surface area (Å²) in [5.74, 6) is 0. The van der Waals surface area contributed by atoms with E-state index in [2.05, 4.69) is 33.1 Å². The summed E-state index contributed by atoms with van der Waals surface area (Å²) in [6.07, 6.45) is -5.13. The normalized spacial score (nSPS) is 19.6. The first kappa shape index (κ1) is 20.5. The van der Waals surface area contributed by atoms with Crippen LogP contribution in [0.25, 0.3) is 0 Å². The van der Waals surface area contributed by atoms with Crippen LogP contribution in [0, 0.1) is 0 Å². The molecule has 144 valence electrons. The second-order valence-electron chi connectivity index (χ2n) is 6.06. The van der Waals surface area contributed by atoms with Crippen molar-refractivity contribution in [1.29, 1.82) is 0 Å². The number of alkyl halides is 4. The maximum absolute atomic E-state index is 14.1. The third-order valence-corrected chi connectivity index (χ3v) is 5.76. The highest BCUT2D eigenvalue weighted by atomic mass is 127. The van der Waals surface area contributed by atoms with E-state index < -0.39 is 18.2 Å². The van der Waals surface area contributed by atoms with Crippen molar-refractivity contribution in [3.8, 4) is 0 Å². The minimum atomic E-state index is -4.68. The standard InChI is InChI=1S/C18H14Cl2F3IN2O/c1-25-15-6-11(2-3-14(15)20)16-8-17(27-26-16,18(21,22)23)12-4-10(9-24)5-13(19)7-12/h2-7,25H,8-9H2,1H3. The summed E-state index contributed by atoms with van der Waals surface area (Å²) in [4.78, 5) is 5.06. The molecule has 0 saturated carbocycles. The van der Waals surface area contributed by atoms with Crippen molar-refractivity contribution in [2.45, 2.75) is 22.6 Å². The van der Waals surface area contributed by atoms with Gasteiger partial charge in [-0.15, -0.1) is 0 Å². The molecule has 1 N–H and O–H groups in total. The molecule has 1 atom stereocenters. The summed E-state index contributed by atoms with van der Waals surface area (Å²) in [5.41, 5.74) is -0.662. The fourth-order valence-electron chi connectivity index (χ4n) is 2.92. The lowest BCUT2D eigenvalue weighted by atomic mass is 9.86. The van der Waals surface area contributed by atoms with E-state index in [1.807, 2.05) is 0 Å². The third kappa shape index (κ3) is 3.86. The molecule has 2 aromatic rings. The summed E-state index contributed by atoms with van der Waals surface area (Å²) in [6.45, 7) is 0. The van der Waals surface area contributed by atoms with Crippen LogP contribution in [0.4, 0.5) is 18.9 Å². The smallest absolute Gasteiger partial charge is 0.387 e. The third-order valence-electron chi connectivity index (χ3n) is 4.33. The Bertz CT molecular complexity index is 905. The summed E-state index contributed by atoms with van der Waals surface area (Å²) in [7, 11) is 1.68. The molecule has 27 heavy (non-hydrogen) atoms. The Balaban J connectivity index is 2.04. The van der Waals surface area contributed by atoms with Crippen LogP contribution < -0.4 is 5.32 Å². The van der Waals surface area contributed by atoms with E-state index in [1.54, 1.807) is 31.3 Å². The molecule has 0 radical (unpaired) electrons. The van der Waals surface area contributed by atoms with E-state index in [1.165, 1.54) is 12.1 Å². The number of nitrogens with one attached hydrogen (secondary N) is 1. The molecule has 0 spiro atoms. The van der Waals surface area contributed by atoms with Gasteiger partial charge in [-0.2, -0.15) is 13.2 Å². The maximum Gasteiger partial charge on any atom is 0.435 e. The average Bonchev–Trinajstić information content (AvgIpc) is 3.08. The number of oxime groups is 1. The van der Waals surface area contributed by atoms with Gasteiger partial charge in [0.2, 0.25) is 0 Å². The molecule has 0 saturated heterocycles. The lowest BCUT2D eigenvalue weighted by Crippen LogP contribution is -2.42. The Morgan fingerprint density at radius 3 is 2.59 bits per heavy atom. The van der Waals surface area contributed by atoms with E-state index in [0.29, 0.717) is 26.3 Å². The largest absolute Gasteiger partial charge is 0.435 e. The molecule has 0 aliphatic carbocycles. The summed E-state index contributed by atoms with van der Waals surface area (Å²) >= 11 is 14.2. The minimum Gasteiger partial charge on any atom is -0.387 e. The molecule has 0 bridgehead atoms. The quantitative estimate of drug-likeness (QED) is 0.360. The molecule has 0 fully saturated rings. The van der Waals surface area contributed by atoms with Gasteiger partial charge in [0.05, 0.1) is 16.4 Å². The average molecular weight is 529 g/mol. The molecule has 1 heterocycles. The van der Waals surface area contributed by atoms with Crippen LogP contribution in [0.2, 0.25) is 10.0 Å². The van der Waals surface area contributed by atoms with Crippen molar-refractivity contribution < 1.29 is 18.0 Å². The van der Waals surface area contributed by atoms with E-state index in [-0.39, 0.29) is 16.3 Å². The van der Waals surface area contributed by atoms with Crippen LogP contribution in [-0.2, 0) is 14.9 Å². The lowest BCUT2D eigenvalue weighted by Gasteiger charge is -2.30. The highest BCUT2D eigenvalue weighted by Gasteiger charge is 2.62. The Kier molecular flexibility index (Phi) is 5.84. The Morgan fingerprint density at radius 2 is 1.96 bits per heavy atom. The fraction of sp³-hybridized carbons (Fsp3) is 0.278. The van der Waals surface area contributed by atoms with Crippen molar-refractivity contribution in [2.75, 3.05) is 12.4 Å². The molecule has 3 nitrogen and oxygen atoms in total. The van der Waals surface area contributed by atoms with Gasteiger partial charge in [0.15, 0.2) is 0 Å². The predicted molar refractivity (Wildman–Crippen MR) is 110 cm³/mol. The second-order valence-corrected chi connectivity index (χ2v) is 7.66. The monoisotopic (exact) mass is 528 g/mol. The molecule has 0 amide bonds. The van der Waals surface area contributed by atoms with E-state index >= 15 is 0 Å². The Labute approximate surface area is 178 Å². The van der Waals surface area contributed by atoms with Crippen LogP contribution in [0.1, 0.15) is 23.1 Å². The number of anilines is 1. The number of hydrogen-bond donors (Lipinski definition) is 1. The zero-order valence-electron chi connectivity index (χ0n) is 14.0. The van der Waals surface area contributed by atoms with Gasteiger partial charge in [0.1, 0.15) is 0 Å². The maximum atomic E-state index is 14.1. The summed E-state index contributed by atoms with van der Waals surface area (Å²) in [6, 6.07) is 9.25. The number of nitrogens with zero attached hydrogens (tertiary/aromatic N) is 1. The summed E-state index contributed by atoms with van der Waals surface area (Å²) in [5, 5.41) is 7.36. The first-order valence-corrected chi connectivity index (χ1v) is 10.1. The zero-order chi connectivity index (χ0) is 19.8. The molecule has 1 aliphatic heterocycles.